The van der Waals surface area contributed by atoms with Crippen LogP contribution in [0.25, 0.3) is 6.08 Å². The highest BCUT2D eigenvalue weighted by Gasteiger charge is 2.13. The molecule has 0 fully saturated rings. The highest BCUT2D eigenvalue weighted by molar-refractivity contribution is 6.04. The number of nitriles is 1. The molecule has 5 heteroatoms. The SMILES string of the molecule is N#C/C(=C\c1ccc(N(c2ccccc2)c2ccccc2)cc1)C(=O)CCC(=O)O. The molecule has 0 radical (unpaired) electrons. The van der Waals surface area contributed by atoms with Crippen LogP contribution in [0.4, 0.5) is 17.1 Å². The third-order valence-electron chi connectivity index (χ3n) is 4.48. The zero-order valence-electron chi connectivity index (χ0n) is 16.2. The molecule has 0 amide bonds. The lowest BCUT2D eigenvalue weighted by Gasteiger charge is -2.25. The minimum absolute atomic E-state index is 0.0491. The summed E-state index contributed by atoms with van der Waals surface area (Å²) in [6.07, 6.45) is 1.01. The fourth-order valence-corrected chi connectivity index (χ4v) is 3.02. The predicted molar refractivity (Wildman–Crippen MR) is 117 cm³/mol. The predicted octanol–water partition coefficient (Wildman–Crippen LogP) is 5.50. The zero-order chi connectivity index (χ0) is 21.3. The Morgan fingerprint density at radius 3 is 1.77 bits per heavy atom. The van der Waals surface area contributed by atoms with Crippen molar-refractivity contribution in [2.75, 3.05) is 4.90 Å². The van der Waals surface area contributed by atoms with Crippen molar-refractivity contribution >= 4 is 34.9 Å². The number of Topliss-reactive ketones (excluding diaryl/α,β-unsaturated/α-hetero) is 1. The first-order valence-electron chi connectivity index (χ1n) is 9.45. The Morgan fingerprint density at radius 2 is 1.30 bits per heavy atom. The van der Waals surface area contributed by atoms with Gasteiger partial charge in [0, 0.05) is 23.5 Å². The van der Waals surface area contributed by atoms with Gasteiger partial charge in [-0.2, -0.15) is 5.26 Å². The molecule has 0 saturated carbocycles. The van der Waals surface area contributed by atoms with E-state index >= 15 is 0 Å². The molecule has 3 aromatic carbocycles. The smallest absolute Gasteiger partial charge is 0.303 e. The fraction of sp³-hybridized carbons (Fsp3) is 0.0800. The van der Waals surface area contributed by atoms with E-state index in [1.165, 1.54) is 6.08 Å². The summed E-state index contributed by atoms with van der Waals surface area (Å²) in [7, 11) is 0. The molecule has 0 spiro atoms. The second-order valence-electron chi connectivity index (χ2n) is 6.58. The minimum Gasteiger partial charge on any atom is -0.481 e. The average molecular weight is 396 g/mol. The number of carbonyl (C=O) groups excluding carboxylic acids is 1. The van der Waals surface area contributed by atoms with Crippen LogP contribution in [0.1, 0.15) is 18.4 Å². The number of hydrogen-bond acceptors (Lipinski definition) is 4. The molecule has 1 N–H and O–H groups in total. The van der Waals surface area contributed by atoms with E-state index in [-0.39, 0.29) is 18.4 Å². The van der Waals surface area contributed by atoms with Gasteiger partial charge in [-0.1, -0.05) is 48.5 Å². The molecule has 0 aliphatic rings. The maximum absolute atomic E-state index is 12.1. The van der Waals surface area contributed by atoms with Gasteiger partial charge in [0.25, 0.3) is 0 Å². The third-order valence-corrected chi connectivity index (χ3v) is 4.48. The van der Waals surface area contributed by atoms with Crippen molar-refractivity contribution < 1.29 is 14.7 Å². The second kappa shape index (κ2) is 9.85. The van der Waals surface area contributed by atoms with E-state index in [1.807, 2.05) is 91.0 Å². The van der Waals surface area contributed by atoms with Crippen molar-refractivity contribution in [1.29, 1.82) is 5.26 Å². The lowest BCUT2D eigenvalue weighted by atomic mass is 10.0. The van der Waals surface area contributed by atoms with E-state index < -0.39 is 11.8 Å². The van der Waals surface area contributed by atoms with Crippen LogP contribution in [-0.2, 0) is 9.59 Å². The maximum atomic E-state index is 12.1. The van der Waals surface area contributed by atoms with Crippen LogP contribution >= 0.6 is 0 Å². The van der Waals surface area contributed by atoms with Gasteiger partial charge >= 0.3 is 5.97 Å². The molecular formula is C25H20N2O3. The van der Waals surface area contributed by atoms with Gasteiger partial charge in [-0.3, -0.25) is 9.59 Å². The zero-order valence-corrected chi connectivity index (χ0v) is 16.2. The van der Waals surface area contributed by atoms with Gasteiger partial charge in [0.05, 0.1) is 12.0 Å². The second-order valence-corrected chi connectivity index (χ2v) is 6.58. The van der Waals surface area contributed by atoms with E-state index in [9.17, 15) is 14.9 Å². The van der Waals surface area contributed by atoms with Crippen molar-refractivity contribution in [3.63, 3.8) is 0 Å². The van der Waals surface area contributed by atoms with Crippen molar-refractivity contribution in [2.24, 2.45) is 0 Å². The number of carbonyl (C=O) groups is 2. The molecule has 0 saturated heterocycles. The van der Waals surface area contributed by atoms with Gasteiger partial charge in [-0.05, 0) is 48.0 Å². The number of allylic oxidation sites excluding steroid dienone is 1. The van der Waals surface area contributed by atoms with E-state index in [1.54, 1.807) is 0 Å². The number of carboxylic acids is 1. The lowest BCUT2D eigenvalue weighted by molar-refractivity contribution is -0.138. The molecule has 0 aromatic heterocycles. The van der Waals surface area contributed by atoms with Crippen LogP contribution in [0.15, 0.2) is 90.5 Å². The molecule has 30 heavy (non-hydrogen) atoms. The summed E-state index contributed by atoms with van der Waals surface area (Å²) >= 11 is 0. The molecule has 0 unspecified atom stereocenters. The van der Waals surface area contributed by atoms with E-state index in [2.05, 4.69) is 4.90 Å². The van der Waals surface area contributed by atoms with Crippen LogP contribution in [0, 0.1) is 11.3 Å². The number of para-hydroxylation sites is 2. The molecule has 0 bridgehead atoms. The Balaban J connectivity index is 1.90. The Labute approximate surface area is 175 Å². The lowest BCUT2D eigenvalue weighted by Crippen LogP contribution is -2.09. The van der Waals surface area contributed by atoms with Gasteiger partial charge in [0.1, 0.15) is 6.07 Å². The molecule has 5 nitrogen and oxygen atoms in total. The Kier molecular flexibility index (Phi) is 6.75. The first kappa shape index (κ1) is 20.6. The number of rotatable bonds is 8. The summed E-state index contributed by atoms with van der Waals surface area (Å²) in [5, 5.41) is 18.0. The van der Waals surface area contributed by atoms with Gasteiger partial charge in [-0.25, -0.2) is 0 Å². The van der Waals surface area contributed by atoms with Gasteiger partial charge in [0.15, 0.2) is 5.78 Å². The topological polar surface area (TPSA) is 81.4 Å². The summed E-state index contributed by atoms with van der Waals surface area (Å²) in [6.45, 7) is 0. The molecule has 0 heterocycles. The first-order valence-corrected chi connectivity index (χ1v) is 9.45. The number of hydrogen-bond donors (Lipinski definition) is 1. The van der Waals surface area contributed by atoms with Crippen LogP contribution < -0.4 is 4.90 Å². The van der Waals surface area contributed by atoms with Crippen molar-refractivity contribution in [2.45, 2.75) is 12.8 Å². The van der Waals surface area contributed by atoms with Crippen molar-refractivity contribution in [3.05, 3.63) is 96.1 Å². The highest BCUT2D eigenvalue weighted by atomic mass is 16.4. The number of benzene rings is 3. The van der Waals surface area contributed by atoms with Crippen LogP contribution in [0.3, 0.4) is 0 Å². The quantitative estimate of drug-likeness (QED) is 0.402. The van der Waals surface area contributed by atoms with Crippen LogP contribution in [-0.4, -0.2) is 16.9 Å². The first-order chi connectivity index (χ1) is 14.6. The molecule has 3 rings (SSSR count). The van der Waals surface area contributed by atoms with Crippen molar-refractivity contribution in [3.8, 4) is 6.07 Å². The summed E-state index contributed by atoms with van der Waals surface area (Å²) in [6, 6.07) is 29.3. The van der Waals surface area contributed by atoms with E-state index in [0.717, 1.165) is 17.1 Å². The average Bonchev–Trinajstić information content (AvgIpc) is 2.78. The maximum Gasteiger partial charge on any atom is 0.303 e. The fourth-order valence-electron chi connectivity index (χ4n) is 3.02. The van der Waals surface area contributed by atoms with Gasteiger partial charge < -0.3 is 10.0 Å². The number of nitrogens with zero attached hydrogens (tertiary/aromatic N) is 2. The van der Waals surface area contributed by atoms with Crippen LogP contribution in [0.2, 0.25) is 0 Å². The number of ketones is 1. The molecule has 148 valence electrons. The van der Waals surface area contributed by atoms with E-state index in [4.69, 9.17) is 5.11 Å². The normalized spacial score (nSPS) is 10.8. The van der Waals surface area contributed by atoms with Crippen molar-refractivity contribution in [1.82, 2.24) is 0 Å². The van der Waals surface area contributed by atoms with E-state index in [0.29, 0.717) is 5.56 Å². The summed E-state index contributed by atoms with van der Waals surface area (Å²) in [4.78, 5) is 24.8. The Bertz CT molecular complexity index is 1040. The summed E-state index contributed by atoms with van der Waals surface area (Å²) in [5.74, 6) is -1.54. The van der Waals surface area contributed by atoms with Gasteiger partial charge in [-0.15, -0.1) is 0 Å². The molecule has 0 atom stereocenters. The third kappa shape index (κ3) is 5.21. The summed E-state index contributed by atoms with van der Waals surface area (Å²) < 4.78 is 0. The highest BCUT2D eigenvalue weighted by Crippen LogP contribution is 2.34. The molecule has 0 aliphatic heterocycles. The monoisotopic (exact) mass is 396 g/mol. The summed E-state index contributed by atoms with van der Waals surface area (Å²) in [5.41, 5.74) is 3.59. The Hall–Kier alpha value is -4.17. The van der Waals surface area contributed by atoms with Crippen LogP contribution in [0.5, 0.6) is 0 Å². The molecule has 0 aliphatic carbocycles. The molecule has 3 aromatic rings. The Morgan fingerprint density at radius 1 is 0.800 bits per heavy atom. The number of anilines is 3. The molecular weight excluding hydrogens is 376 g/mol. The number of aliphatic carboxylic acids is 1. The largest absolute Gasteiger partial charge is 0.481 e. The number of carboxylic acid groups (broad SMARTS) is 1. The standard InChI is InChI=1S/C25H20N2O3/c26-18-20(24(28)15-16-25(29)30)17-19-11-13-23(14-12-19)27(21-7-3-1-4-8-21)22-9-5-2-6-10-22/h1-14,17H,15-16H2,(H,29,30)/b20-17+. The minimum atomic E-state index is -1.06. The van der Waals surface area contributed by atoms with Gasteiger partial charge in [0.2, 0.25) is 0 Å².